The maximum absolute atomic E-state index is 12.7. The summed E-state index contributed by atoms with van der Waals surface area (Å²) in [6.45, 7) is 0. The minimum Gasteiger partial charge on any atom is -0.397 e. The molecule has 0 radical (unpaired) electrons. The van der Waals surface area contributed by atoms with Crippen LogP contribution >= 0.6 is 0 Å². The molecule has 0 saturated heterocycles. The van der Waals surface area contributed by atoms with Crippen LogP contribution in [0.25, 0.3) is 0 Å². The van der Waals surface area contributed by atoms with Crippen molar-refractivity contribution in [2.24, 2.45) is 11.5 Å². The van der Waals surface area contributed by atoms with Crippen LogP contribution in [0.5, 0.6) is 0 Å². The number of fused-ring (bicyclic) bond motifs is 2. The minimum atomic E-state index is -1.07. The van der Waals surface area contributed by atoms with Crippen molar-refractivity contribution in [3.05, 3.63) is 57.6 Å². The zero-order valence-electron chi connectivity index (χ0n) is 12.3. The summed E-state index contributed by atoms with van der Waals surface area (Å²) in [5, 5.41) is 0. The average molecular weight is 324 g/mol. The number of ketones is 2. The predicted octanol–water partition coefficient (Wildman–Crippen LogP) is -0.176. The van der Waals surface area contributed by atoms with Crippen LogP contribution in [-0.4, -0.2) is 23.4 Å². The highest BCUT2D eigenvalue weighted by molar-refractivity contribution is 6.34. The molecule has 2 aromatic rings. The van der Waals surface area contributed by atoms with E-state index in [0.717, 1.165) is 0 Å². The van der Waals surface area contributed by atoms with Crippen LogP contribution in [-0.2, 0) is 0 Å². The first kappa shape index (κ1) is 15.2. The van der Waals surface area contributed by atoms with Crippen LogP contribution in [0.15, 0.2) is 24.3 Å². The molecule has 2 amide bonds. The smallest absolute Gasteiger partial charge is 0.251 e. The van der Waals surface area contributed by atoms with Crippen molar-refractivity contribution in [2.45, 2.75) is 0 Å². The fraction of sp³-hybridized carbons (Fsp3) is 0. The first-order valence-corrected chi connectivity index (χ1v) is 6.80. The van der Waals surface area contributed by atoms with E-state index in [1.165, 1.54) is 12.1 Å². The number of benzene rings is 2. The van der Waals surface area contributed by atoms with Gasteiger partial charge in [0.1, 0.15) is 0 Å². The van der Waals surface area contributed by atoms with Crippen molar-refractivity contribution in [3.8, 4) is 0 Å². The number of rotatable bonds is 2. The zero-order chi connectivity index (χ0) is 17.8. The van der Waals surface area contributed by atoms with E-state index in [-0.39, 0.29) is 33.6 Å². The molecule has 120 valence electrons. The zero-order valence-corrected chi connectivity index (χ0v) is 12.3. The molecule has 8 N–H and O–H groups in total. The average Bonchev–Trinajstić information content (AvgIpc) is 2.53. The fourth-order valence-electron chi connectivity index (χ4n) is 2.92. The molecule has 0 aliphatic heterocycles. The van der Waals surface area contributed by atoms with Crippen LogP contribution in [0.1, 0.15) is 52.6 Å². The summed E-state index contributed by atoms with van der Waals surface area (Å²) in [4.78, 5) is 48.9. The molecule has 0 unspecified atom stereocenters. The highest BCUT2D eigenvalue weighted by Crippen LogP contribution is 2.38. The van der Waals surface area contributed by atoms with Crippen molar-refractivity contribution in [1.29, 1.82) is 0 Å². The van der Waals surface area contributed by atoms with Crippen molar-refractivity contribution in [1.82, 2.24) is 0 Å². The number of anilines is 2. The van der Waals surface area contributed by atoms with Gasteiger partial charge < -0.3 is 22.9 Å². The van der Waals surface area contributed by atoms with E-state index in [1.807, 2.05) is 0 Å². The third-order valence-electron chi connectivity index (χ3n) is 3.94. The largest absolute Gasteiger partial charge is 0.397 e. The lowest BCUT2D eigenvalue weighted by Gasteiger charge is -2.23. The van der Waals surface area contributed by atoms with Crippen molar-refractivity contribution in [2.75, 3.05) is 11.5 Å². The lowest BCUT2D eigenvalue weighted by Crippen LogP contribution is -2.30. The van der Waals surface area contributed by atoms with Gasteiger partial charge in [-0.05, 0) is 0 Å². The number of amides is 2. The van der Waals surface area contributed by atoms with Gasteiger partial charge in [0, 0.05) is 11.1 Å². The topological polar surface area (TPSA) is 172 Å². The van der Waals surface area contributed by atoms with Gasteiger partial charge in [-0.2, -0.15) is 0 Å². The van der Waals surface area contributed by atoms with Crippen LogP contribution < -0.4 is 22.9 Å². The van der Waals surface area contributed by atoms with E-state index >= 15 is 0 Å². The van der Waals surface area contributed by atoms with Gasteiger partial charge in [0.25, 0.3) is 11.8 Å². The lowest BCUT2D eigenvalue weighted by molar-refractivity contribution is 0.0963. The summed E-state index contributed by atoms with van der Waals surface area (Å²) < 4.78 is 0. The van der Waals surface area contributed by atoms with Crippen LogP contribution in [0.3, 0.4) is 0 Å². The van der Waals surface area contributed by atoms with E-state index in [0.29, 0.717) is 0 Å². The molecular formula is C16H12N4O4. The van der Waals surface area contributed by atoms with E-state index in [1.54, 1.807) is 12.1 Å². The molecule has 0 bridgehead atoms. The summed E-state index contributed by atoms with van der Waals surface area (Å²) in [7, 11) is 0. The molecule has 2 aromatic carbocycles. The number of primary amides is 2. The predicted molar refractivity (Wildman–Crippen MR) is 85.6 cm³/mol. The van der Waals surface area contributed by atoms with Crippen LogP contribution in [0.2, 0.25) is 0 Å². The SMILES string of the molecule is NC(=O)c1c(N)c2c(c(N)c1C(N)=O)C(=O)c1ccccc1C2=O. The third kappa shape index (κ3) is 1.80. The van der Waals surface area contributed by atoms with Crippen molar-refractivity contribution in [3.63, 3.8) is 0 Å². The summed E-state index contributed by atoms with van der Waals surface area (Å²) in [6, 6.07) is 6.09. The van der Waals surface area contributed by atoms with Gasteiger partial charge in [-0.1, -0.05) is 24.3 Å². The maximum atomic E-state index is 12.7. The highest BCUT2D eigenvalue weighted by atomic mass is 16.2. The van der Waals surface area contributed by atoms with Gasteiger partial charge in [-0.15, -0.1) is 0 Å². The maximum Gasteiger partial charge on any atom is 0.251 e. The van der Waals surface area contributed by atoms with Crippen LogP contribution in [0.4, 0.5) is 11.4 Å². The molecule has 0 saturated carbocycles. The Bertz CT molecular complexity index is 901. The molecule has 0 heterocycles. The number of hydrogen-bond acceptors (Lipinski definition) is 6. The van der Waals surface area contributed by atoms with E-state index in [2.05, 4.69) is 0 Å². The molecular weight excluding hydrogens is 312 g/mol. The first-order chi connectivity index (χ1) is 11.3. The molecule has 1 aliphatic rings. The Kier molecular flexibility index (Phi) is 3.12. The van der Waals surface area contributed by atoms with E-state index < -0.39 is 34.5 Å². The number of nitrogen functional groups attached to an aromatic ring is 2. The Morgan fingerprint density at radius 2 is 1.04 bits per heavy atom. The van der Waals surface area contributed by atoms with Gasteiger partial charge in [0.2, 0.25) is 0 Å². The van der Waals surface area contributed by atoms with Gasteiger partial charge in [0.15, 0.2) is 11.6 Å². The first-order valence-electron chi connectivity index (χ1n) is 6.80. The molecule has 8 nitrogen and oxygen atoms in total. The molecule has 8 heteroatoms. The minimum absolute atomic E-state index is 0.128. The third-order valence-corrected chi connectivity index (χ3v) is 3.94. The number of hydrogen-bond donors (Lipinski definition) is 4. The second-order valence-corrected chi connectivity index (χ2v) is 5.26. The molecule has 24 heavy (non-hydrogen) atoms. The number of carbonyl (C=O) groups excluding carboxylic acids is 4. The Morgan fingerprint density at radius 1 is 0.708 bits per heavy atom. The second kappa shape index (κ2) is 4.92. The van der Waals surface area contributed by atoms with E-state index in [4.69, 9.17) is 22.9 Å². The molecule has 3 rings (SSSR count). The van der Waals surface area contributed by atoms with Gasteiger partial charge in [-0.3, -0.25) is 19.2 Å². The van der Waals surface area contributed by atoms with Crippen molar-refractivity contribution < 1.29 is 19.2 Å². The Hall–Kier alpha value is -3.68. The molecule has 1 aliphatic carbocycles. The Morgan fingerprint density at radius 3 is 1.33 bits per heavy atom. The normalized spacial score (nSPS) is 12.5. The molecule has 0 aromatic heterocycles. The van der Waals surface area contributed by atoms with Crippen LogP contribution in [0, 0.1) is 0 Å². The van der Waals surface area contributed by atoms with Gasteiger partial charge >= 0.3 is 0 Å². The summed E-state index contributed by atoms with van der Waals surface area (Å²) in [5.74, 6) is -3.31. The van der Waals surface area contributed by atoms with Gasteiger partial charge in [-0.25, -0.2) is 0 Å². The quantitative estimate of drug-likeness (QED) is 0.476. The monoisotopic (exact) mass is 324 g/mol. The Balaban J connectivity index is 2.50. The molecule has 0 spiro atoms. The lowest BCUT2D eigenvalue weighted by atomic mass is 9.79. The summed E-state index contributed by atoms with van der Waals surface area (Å²) >= 11 is 0. The molecule has 0 fully saturated rings. The standard InChI is InChI=1S/C16H12N4O4/c17-11-7-8(12(18)10(16(20)24)9(11)15(19)23)14(22)6-4-2-1-3-5(6)13(7)21/h1-4H,17-18H2,(H2,19,23)(H2,20,24). The Labute approximate surface area is 135 Å². The fourth-order valence-corrected chi connectivity index (χ4v) is 2.92. The van der Waals surface area contributed by atoms with Crippen molar-refractivity contribution >= 4 is 34.8 Å². The second-order valence-electron chi connectivity index (χ2n) is 5.26. The van der Waals surface area contributed by atoms with Gasteiger partial charge in [0.05, 0.1) is 33.6 Å². The number of nitrogens with two attached hydrogens (primary N) is 4. The summed E-state index contributed by atoms with van der Waals surface area (Å²) in [6.07, 6.45) is 0. The number of carbonyl (C=O) groups is 4. The highest BCUT2D eigenvalue weighted by Gasteiger charge is 2.37. The summed E-state index contributed by atoms with van der Waals surface area (Å²) in [5.41, 5.74) is 20.4. The molecule has 0 atom stereocenters. The van der Waals surface area contributed by atoms with E-state index in [9.17, 15) is 19.2 Å².